The summed E-state index contributed by atoms with van der Waals surface area (Å²) in [6.45, 7) is 3.56. The van der Waals surface area contributed by atoms with Gasteiger partial charge in [-0.05, 0) is 66.5 Å². The van der Waals surface area contributed by atoms with Crippen LogP contribution in [0.15, 0.2) is 22.7 Å². The Morgan fingerprint density at radius 2 is 2.00 bits per heavy atom. The number of hydrogen-bond donors (Lipinski definition) is 2. The molecule has 1 fully saturated rings. The zero-order valence-corrected chi connectivity index (χ0v) is 16.1. The fourth-order valence-corrected chi connectivity index (χ4v) is 3.28. The molecule has 0 radical (unpaired) electrons. The number of rotatable bonds is 5. The van der Waals surface area contributed by atoms with E-state index in [4.69, 9.17) is 9.47 Å². The Labute approximate surface area is 152 Å². The SMILES string of the molecule is COc1ccc(C(C)NC(=O)C2(OC)CCNCC2)cc1Br.Cl. The van der Waals surface area contributed by atoms with E-state index < -0.39 is 5.60 Å². The number of halogens is 2. The van der Waals surface area contributed by atoms with Crippen molar-refractivity contribution in [2.75, 3.05) is 27.3 Å². The van der Waals surface area contributed by atoms with Crippen LogP contribution in [0.25, 0.3) is 0 Å². The van der Waals surface area contributed by atoms with E-state index in [2.05, 4.69) is 26.6 Å². The first-order valence-corrected chi connectivity index (χ1v) is 8.22. The molecular weight excluding hydrogens is 384 g/mol. The van der Waals surface area contributed by atoms with Gasteiger partial charge in [0.2, 0.25) is 0 Å². The third kappa shape index (κ3) is 4.59. The van der Waals surface area contributed by atoms with Crippen LogP contribution in [0.3, 0.4) is 0 Å². The second-order valence-corrected chi connectivity index (χ2v) is 6.39. The van der Waals surface area contributed by atoms with Gasteiger partial charge in [-0.3, -0.25) is 4.79 Å². The third-order valence-electron chi connectivity index (χ3n) is 4.24. The lowest BCUT2D eigenvalue weighted by Gasteiger charge is -2.35. The molecule has 130 valence electrons. The van der Waals surface area contributed by atoms with E-state index in [0.717, 1.165) is 28.9 Å². The molecule has 0 bridgehead atoms. The molecule has 1 unspecified atom stereocenters. The summed E-state index contributed by atoms with van der Waals surface area (Å²) >= 11 is 3.47. The normalized spacial score (nSPS) is 17.7. The fraction of sp³-hybridized carbons (Fsp3) is 0.562. The van der Waals surface area contributed by atoms with Crippen molar-refractivity contribution in [3.05, 3.63) is 28.2 Å². The maximum atomic E-state index is 12.6. The van der Waals surface area contributed by atoms with E-state index in [1.807, 2.05) is 25.1 Å². The lowest BCUT2D eigenvalue weighted by atomic mass is 9.90. The molecule has 5 nitrogen and oxygen atoms in total. The predicted molar refractivity (Wildman–Crippen MR) is 96.3 cm³/mol. The number of hydrogen-bond acceptors (Lipinski definition) is 4. The molecule has 1 heterocycles. The zero-order chi connectivity index (χ0) is 16.2. The lowest BCUT2D eigenvalue weighted by molar-refractivity contribution is -0.147. The van der Waals surface area contributed by atoms with E-state index in [9.17, 15) is 4.79 Å². The Bertz CT molecular complexity index is 536. The molecular formula is C16H24BrClN2O3. The topological polar surface area (TPSA) is 59.6 Å². The highest BCUT2D eigenvalue weighted by molar-refractivity contribution is 9.10. The highest BCUT2D eigenvalue weighted by Gasteiger charge is 2.40. The summed E-state index contributed by atoms with van der Waals surface area (Å²) in [5.41, 5.74) is 0.296. The van der Waals surface area contributed by atoms with E-state index in [0.29, 0.717) is 12.8 Å². The Kier molecular flexibility index (Phi) is 7.80. The Hall–Kier alpha value is -0.820. The minimum Gasteiger partial charge on any atom is -0.496 e. The molecule has 2 rings (SSSR count). The summed E-state index contributed by atoms with van der Waals surface area (Å²) in [7, 11) is 3.24. The zero-order valence-electron chi connectivity index (χ0n) is 13.6. The van der Waals surface area contributed by atoms with Crippen LogP contribution in [0.1, 0.15) is 31.4 Å². The van der Waals surface area contributed by atoms with Crippen LogP contribution >= 0.6 is 28.3 Å². The summed E-state index contributed by atoms with van der Waals surface area (Å²) in [4.78, 5) is 12.6. The van der Waals surface area contributed by atoms with Crippen molar-refractivity contribution in [1.29, 1.82) is 0 Å². The summed E-state index contributed by atoms with van der Waals surface area (Å²) in [5.74, 6) is 0.727. The first kappa shape index (κ1) is 20.2. The van der Waals surface area contributed by atoms with Gasteiger partial charge in [0, 0.05) is 7.11 Å². The highest BCUT2D eigenvalue weighted by atomic mass is 79.9. The van der Waals surface area contributed by atoms with Crippen LogP contribution in [0.2, 0.25) is 0 Å². The van der Waals surface area contributed by atoms with Gasteiger partial charge in [0.25, 0.3) is 5.91 Å². The van der Waals surface area contributed by atoms with E-state index >= 15 is 0 Å². The predicted octanol–water partition coefficient (Wildman–Crippen LogP) is 2.83. The van der Waals surface area contributed by atoms with Gasteiger partial charge in [0.1, 0.15) is 11.4 Å². The standard InChI is InChI=1S/C16H23BrN2O3.ClH/c1-11(12-4-5-14(21-2)13(17)10-12)19-15(20)16(22-3)6-8-18-9-7-16;/h4-5,10-11,18H,6-9H2,1-3H3,(H,19,20);1H. The fourth-order valence-electron chi connectivity index (χ4n) is 2.72. The van der Waals surface area contributed by atoms with Crippen molar-refractivity contribution >= 4 is 34.2 Å². The molecule has 0 aromatic heterocycles. The molecule has 1 aromatic carbocycles. The van der Waals surface area contributed by atoms with Gasteiger partial charge >= 0.3 is 0 Å². The minimum atomic E-state index is -0.719. The average Bonchev–Trinajstić information content (AvgIpc) is 2.55. The van der Waals surface area contributed by atoms with Crippen LogP contribution in [0, 0.1) is 0 Å². The van der Waals surface area contributed by atoms with Gasteiger partial charge in [-0.1, -0.05) is 6.07 Å². The summed E-state index contributed by atoms with van der Waals surface area (Å²) < 4.78 is 11.7. The Morgan fingerprint density at radius 1 is 1.35 bits per heavy atom. The smallest absolute Gasteiger partial charge is 0.252 e. The lowest BCUT2D eigenvalue weighted by Crippen LogP contribution is -2.54. The summed E-state index contributed by atoms with van der Waals surface area (Å²) in [5, 5.41) is 6.32. The number of nitrogens with one attached hydrogen (secondary N) is 2. The van der Waals surface area contributed by atoms with Crippen LogP contribution in [-0.2, 0) is 9.53 Å². The first-order valence-electron chi connectivity index (χ1n) is 7.42. The number of carbonyl (C=O) groups is 1. The van der Waals surface area contributed by atoms with Gasteiger partial charge in [-0.25, -0.2) is 0 Å². The molecule has 1 aliphatic heterocycles. The number of methoxy groups -OCH3 is 2. The van der Waals surface area contributed by atoms with Gasteiger partial charge in [-0.2, -0.15) is 0 Å². The van der Waals surface area contributed by atoms with Crippen molar-refractivity contribution in [3.8, 4) is 5.75 Å². The molecule has 2 N–H and O–H groups in total. The number of carbonyl (C=O) groups excluding carboxylic acids is 1. The van der Waals surface area contributed by atoms with E-state index in [-0.39, 0.29) is 24.4 Å². The second-order valence-electron chi connectivity index (χ2n) is 5.54. The minimum absolute atomic E-state index is 0. The van der Waals surface area contributed by atoms with Crippen LogP contribution in [0.4, 0.5) is 0 Å². The molecule has 23 heavy (non-hydrogen) atoms. The third-order valence-corrected chi connectivity index (χ3v) is 4.86. The number of amides is 1. The van der Waals surface area contributed by atoms with Crippen LogP contribution in [0.5, 0.6) is 5.75 Å². The van der Waals surface area contributed by atoms with Crippen molar-refractivity contribution in [1.82, 2.24) is 10.6 Å². The second kappa shape index (κ2) is 8.87. The summed E-state index contributed by atoms with van der Waals surface area (Å²) in [6.07, 6.45) is 1.38. The molecule has 1 aliphatic rings. The number of ether oxygens (including phenoxy) is 2. The Morgan fingerprint density at radius 3 is 2.52 bits per heavy atom. The van der Waals surface area contributed by atoms with Crippen molar-refractivity contribution in [3.63, 3.8) is 0 Å². The molecule has 1 atom stereocenters. The van der Waals surface area contributed by atoms with E-state index in [1.54, 1.807) is 14.2 Å². The number of piperidine rings is 1. The van der Waals surface area contributed by atoms with Gasteiger partial charge in [0.05, 0.1) is 17.6 Å². The number of benzene rings is 1. The molecule has 1 saturated heterocycles. The van der Waals surface area contributed by atoms with Crippen molar-refractivity contribution in [2.24, 2.45) is 0 Å². The van der Waals surface area contributed by atoms with Gasteiger partial charge in [-0.15, -0.1) is 12.4 Å². The molecule has 0 saturated carbocycles. The average molecular weight is 408 g/mol. The summed E-state index contributed by atoms with van der Waals surface area (Å²) in [6, 6.07) is 5.71. The van der Waals surface area contributed by atoms with Gasteiger partial charge in [0.15, 0.2) is 0 Å². The van der Waals surface area contributed by atoms with E-state index in [1.165, 1.54) is 0 Å². The molecule has 0 spiro atoms. The first-order chi connectivity index (χ1) is 10.5. The molecule has 0 aliphatic carbocycles. The van der Waals surface area contributed by atoms with Crippen molar-refractivity contribution in [2.45, 2.75) is 31.4 Å². The molecule has 7 heteroatoms. The maximum Gasteiger partial charge on any atom is 0.252 e. The maximum absolute atomic E-state index is 12.6. The van der Waals surface area contributed by atoms with Crippen LogP contribution < -0.4 is 15.4 Å². The largest absolute Gasteiger partial charge is 0.496 e. The monoisotopic (exact) mass is 406 g/mol. The molecule has 1 amide bonds. The highest BCUT2D eigenvalue weighted by Crippen LogP contribution is 2.29. The van der Waals surface area contributed by atoms with Crippen molar-refractivity contribution < 1.29 is 14.3 Å². The molecule has 1 aromatic rings. The Balaban J connectivity index is 0.00000264. The van der Waals surface area contributed by atoms with Crippen LogP contribution in [-0.4, -0.2) is 38.8 Å². The van der Waals surface area contributed by atoms with Gasteiger partial charge < -0.3 is 20.1 Å². The quantitative estimate of drug-likeness (QED) is 0.788.